The molecule has 5 nitrogen and oxygen atoms in total. The summed E-state index contributed by atoms with van der Waals surface area (Å²) in [6.45, 7) is 1.47. The van der Waals surface area contributed by atoms with Crippen molar-refractivity contribution in [2.45, 2.75) is 37.5 Å². The first-order valence-corrected chi connectivity index (χ1v) is 9.80. The number of rotatable bonds is 3. The fourth-order valence-electron chi connectivity index (χ4n) is 5.31. The van der Waals surface area contributed by atoms with E-state index in [-0.39, 0.29) is 28.1 Å². The summed E-state index contributed by atoms with van der Waals surface area (Å²) in [7, 11) is 0. The zero-order valence-corrected chi connectivity index (χ0v) is 15.1. The molecule has 5 heteroatoms. The molecule has 2 spiro atoms. The number of aromatic nitrogens is 1. The van der Waals surface area contributed by atoms with Gasteiger partial charge in [0.1, 0.15) is 5.82 Å². The minimum Gasteiger partial charge on any atom is -0.381 e. The fourth-order valence-corrected chi connectivity index (χ4v) is 5.31. The number of anilines is 1. The Morgan fingerprint density at radius 2 is 2.15 bits per heavy atom. The van der Waals surface area contributed by atoms with Gasteiger partial charge < -0.3 is 10.1 Å². The average molecular weight is 359 g/mol. The van der Waals surface area contributed by atoms with Gasteiger partial charge in [0.05, 0.1) is 18.1 Å². The van der Waals surface area contributed by atoms with Crippen molar-refractivity contribution in [2.75, 3.05) is 18.5 Å². The second-order valence-electron chi connectivity index (χ2n) is 9.02. The van der Waals surface area contributed by atoms with Gasteiger partial charge in [-0.1, -0.05) is 12.1 Å². The number of nitriles is 1. The Hall–Kier alpha value is -2.45. The Labute approximate surface area is 157 Å². The lowest BCUT2D eigenvalue weighted by Gasteiger charge is -2.11. The number of carbonyl (C=O) groups excluding carboxylic acids is 1. The third-order valence-corrected chi connectivity index (χ3v) is 7.53. The molecule has 1 aliphatic heterocycles. The maximum atomic E-state index is 12.6. The largest absolute Gasteiger partial charge is 0.381 e. The van der Waals surface area contributed by atoms with Gasteiger partial charge >= 0.3 is 0 Å². The van der Waals surface area contributed by atoms with Crippen molar-refractivity contribution < 1.29 is 9.53 Å². The minimum absolute atomic E-state index is 0.0480. The molecular weight excluding hydrogens is 338 g/mol. The van der Waals surface area contributed by atoms with Crippen LogP contribution in [0.15, 0.2) is 30.5 Å². The van der Waals surface area contributed by atoms with E-state index >= 15 is 0 Å². The van der Waals surface area contributed by atoms with Gasteiger partial charge in [0.25, 0.3) is 0 Å². The quantitative estimate of drug-likeness (QED) is 0.909. The summed E-state index contributed by atoms with van der Waals surface area (Å²) in [6.07, 6.45) is 7.03. The molecule has 3 aliphatic carbocycles. The maximum Gasteiger partial charge on any atom is 0.229 e. The summed E-state index contributed by atoms with van der Waals surface area (Å²) in [5.74, 6) is 0.691. The number of ether oxygens (including phenoxy) is 1. The lowest BCUT2D eigenvalue weighted by Crippen LogP contribution is -2.19. The number of nitrogens with one attached hydrogen (secondary N) is 1. The van der Waals surface area contributed by atoms with E-state index in [1.165, 1.54) is 12.8 Å². The van der Waals surface area contributed by atoms with Crippen molar-refractivity contribution in [3.05, 3.63) is 36.0 Å². The second-order valence-corrected chi connectivity index (χ2v) is 9.02. The first kappa shape index (κ1) is 15.6. The standard InChI is InChI=1S/C22H21N3O2/c23-12-22(11-21(22)3-4-21)16-2-1-14-10-24-18(8-15(14)7-16)25-19(26)17-9-20(17)5-6-27-13-20/h1-2,7-8,10,17H,3-6,9,11,13H2,(H,24,25,26)/t17-,20?,22-/m0/s1. The van der Waals surface area contributed by atoms with Gasteiger partial charge in [0.2, 0.25) is 5.91 Å². The highest BCUT2D eigenvalue weighted by atomic mass is 16.5. The molecule has 1 amide bonds. The van der Waals surface area contributed by atoms with E-state index in [1.807, 2.05) is 12.1 Å². The van der Waals surface area contributed by atoms with Crippen LogP contribution in [0, 0.1) is 28.1 Å². The highest BCUT2D eigenvalue weighted by molar-refractivity contribution is 5.96. The summed E-state index contributed by atoms with van der Waals surface area (Å²) < 4.78 is 5.47. The molecule has 1 unspecified atom stereocenters. The molecule has 1 saturated heterocycles. The molecule has 0 radical (unpaired) electrons. The first-order valence-electron chi connectivity index (χ1n) is 9.80. The summed E-state index contributed by atoms with van der Waals surface area (Å²) in [5.41, 5.74) is 1.15. The summed E-state index contributed by atoms with van der Waals surface area (Å²) in [4.78, 5) is 17.0. The van der Waals surface area contributed by atoms with Crippen molar-refractivity contribution in [1.82, 2.24) is 4.98 Å². The number of hydrogen-bond acceptors (Lipinski definition) is 4. The predicted molar refractivity (Wildman–Crippen MR) is 99.9 cm³/mol. The Morgan fingerprint density at radius 3 is 2.85 bits per heavy atom. The molecule has 27 heavy (non-hydrogen) atoms. The molecule has 2 aromatic rings. The topological polar surface area (TPSA) is 75.0 Å². The van der Waals surface area contributed by atoms with Crippen molar-refractivity contribution >= 4 is 22.5 Å². The van der Waals surface area contributed by atoms with E-state index in [9.17, 15) is 10.1 Å². The monoisotopic (exact) mass is 359 g/mol. The Balaban J connectivity index is 1.27. The molecule has 2 heterocycles. The highest BCUT2D eigenvalue weighted by Crippen LogP contribution is 2.78. The van der Waals surface area contributed by atoms with Crippen LogP contribution in [-0.4, -0.2) is 24.1 Å². The zero-order chi connectivity index (χ0) is 18.3. The molecule has 3 saturated carbocycles. The van der Waals surface area contributed by atoms with Gasteiger partial charge in [-0.2, -0.15) is 5.26 Å². The molecule has 4 aliphatic rings. The summed E-state index contributed by atoms with van der Waals surface area (Å²) >= 11 is 0. The number of nitrogens with zero attached hydrogens (tertiary/aromatic N) is 2. The van der Waals surface area contributed by atoms with Crippen LogP contribution in [0.4, 0.5) is 5.82 Å². The van der Waals surface area contributed by atoms with Gasteiger partial charge in [0, 0.05) is 29.5 Å². The predicted octanol–water partition coefficient (Wildman–Crippen LogP) is 3.55. The van der Waals surface area contributed by atoms with Crippen LogP contribution in [0.5, 0.6) is 0 Å². The van der Waals surface area contributed by atoms with E-state index in [0.29, 0.717) is 12.4 Å². The fraction of sp³-hybridized carbons (Fsp3) is 0.500. The van der Waals surface area contributed by atoms with E-state index in [1.54, 1.807) is 6.20 Å². The van der Waals surface area contributed by atoms with Crippen molar-refractivity contribution in [3.8, 4) is 6.07 Å². The molecule has 4 fully saturated rings. The lowest BCUT2D eigenvalue weighted by atomic mass is 9.92. The van der Waals surface area contributed by atoms with E-state index in [2.05, 4.69) is 28.5 Å². The number of fused-ring (bicyclic) bond motifs is 1. The average Bonchev–Trinajstić information content (AvgIpc) is 3.61. The van der Waals surface area contributed by atoms with Gasteiger partial charge in [0.15, 0.2) is 0 Å². The Bertz CT molecular complexity index is 1030. The highest BCUT2D eigenvalue weighted by Gasteiger charge is 2.75. The SMILES string of the molecule is N#C[C@]1(c2ccc3cnc(NC(=O)[C@@H]4CC45CCOC5)cc3c2)CC12CC2. The van der Waals surface area contributed by atoms with Crippen LogP contribution in [0.1, 0.15) is 37.7 Å². The third kappa shape index (κ3) is 2.08. The van der Waals surface area contributed by atoms with Crippen LogP contribution in [0.2, 0.25) is 0 Å². The van der Waals surface area contributed by atoms with Gasteiger partial charge in [-0.15, -0.1) is 0 Å². The lowest BCUT2D eigenvalue weighted by molar-refractivity contribution is -0.118. The zero-order valence-electron chi connectivity index (χ0n) is 15.1. The molecule has 0 bridgehead atoms. The van der Waals surface area contributed by atoms with Gasteiger partial charge in [-0.25, -0.2) is 4.98 Å². The van der Waals surface area contributed by atoms with E-state index in [4.69, 9.17) is 4.74 Å². The van der Waals surface area contributed by atoms with E-state index < -0.39 is 0 Å². The third-order valence-electron chi connectivity index (χ3n) is 7.53. The normalized spacial score (nSPS) is 34.6. The van der Waals surface area contributed by atoms with Crippen molar-refractivity contribution in [1.29, 1.82) is 5.26 Å². The van der Waals surface area contributed by atoms with Gasteiger partial charge in [-0.05, 0) is 60.6 Å². The smallest absolute Gasteiger partial charge is 0.229 e. The molecule has 3 atom stereocenters. The number of carbonyl (C=O) groups is 1. The first-order chi connectivity index (χ1) is 13.1. The number of benzene rings is 1. The maximum absolute atomic E-state index is 12.6. The van der Waals surface area contributed by atoms with Crippen LogP contribution >= 0.6 is 0 Å². The molecular formula is C22H21N3O2. The molecule has 1 aromatic heterocycles. The number of pyridine rings is 1. The summed E-state index contributed by atoms with van der Waals surface area (Å²) in [6, 6.07) is 10.8. The number of amides is 1. The van der Waals surface area contributed by atoms with Crippen molar-refractivity contribution in [3.63, 3.8) is 0 Å². The molecule has 1 N–H and O–H groups in total. The molecule has 1 aromatic carbocycles. The van der Waals surface area contributed by atoms with Crippen LogP contribution < -0.4 is 5.32 Å². The molecule has 136 valence electrons. The Kier molecular flexibility index (Phi) is 2.82. The second kappa shape index (κ2) is 4.88. The van der Waals surface area contributed by atoms with Crippen LogP contribution in [0.3, 0.4) is 0 Å². The van der Waals surface area contributed by atoms with Crippen LogP contribution in [-0.2, 0) is 14.9 Å². The summed E-state index contributed by atoms with van der Waals surface area (Å²) in [5, 5.41) is 14.8. The number of hydrogen-bond donors (Lipinski definition) is 1. The minimum atomic E-state index is -0.295. The van der Waals surface area contributed by atoms with Crippen molar-refractivity contribution in [2.24, 2.45) is 16.7 Å². The Morgan fingerprint density at radius 1 is 1.26 bits per heavy atom. The van der Waals surface area contributed by atoms with Crippen LogP contribution in [0.25, 0.3) is 10.8 Å². The molecule has 6 rings (SSSR count). The van der Waals surface area contributed by atoms with Gasteiger partial charge in [-0.3, -0.25) is 4.79 Å². The van der Waals surface area contributed by atoms with E-state index in [0.717, 1.165) is 42.2 Å².